The number of nitrogens with one attached hydrogen (secondary N) is 1. The molecule has 0 saturated carbocycles. The summed E-state index contributed by atoms with van der Waals surface area (Å²) in [4.78, 5) is 31.0. The van der Waals surface area contributed by atoms with Crippen molar-refractivity contribution in [1.82, 2.24) is 14.8 Å². The monoisotopic (exact) mass is 398 g/mol. The van der Waals surface area contributed by atoms with Crippen molar-refractivity contribution in [2.45, 2.75) is 18.5 Å². The molecule has 3 aromatic rings. The van der Waals surface area contributed by atoms with E-state index in [1.807, 2.05) is 0 Å². The number of nitrogens with zero attached hydrogens (tertiary/aromatic N) is 2. The van der Waals surface area contributed by atoms with E-state index >= 15 is 0 Å². The van der Waals surface area contributed by atoms with E-state index < -0.39 is 61.0 Å². The van der Waals surface area contributed by atoms with Gasteiger partial charge < -0.3 is 24.3 Å². The molecule has 7 heteroatoms. The first-order chi connectivity index (χ1) is 17.7. The normalized spacial score (nSPS) is 32.0. The summed E-state index contributed by atoms with van der Waals surface area (Å²) < 4.78 is 86.2. The average molecular weight is 398 g/mol. The van der Waals surface area contributed by atoms with Crippen LogP contribution in [-0.2, 0) is 16.0 Å². The summed E-state index contributed by atoms with van der Waals surface area (Å²) in [7, 11) is 0. The Morgan fingerprint density at radius 1 is 1.28 bits per heavy atom. The van der Waals surface area contributed by atoms with Crippen molar-refractivity contribution in [3.05, 3.63) is 59.2 Å². The summed E-state index contributed by atoms with van der Waals surface area (Å²) >= 11 is 0. The number of likely N-dealkylation sites (N-methyl/N-ethyl adjacent to an activating group) is 1. The van der Waals surface area contributed by atoms with Gasteiger partial charge in [0.2, 0.25) is 18.6 Å². The fraction of sp³-hybridized carbons (Fsp3) is 0.273. The van der Waals surface area contributed by atoms with Crippen molar-refractivity contribution in [1.29, 1.82) is 0 Å². The van der Waals surface area contributed by atoms with Crippen LogP contribution in [0.2, 0.25) is 0 Å². The van der Waals surface area contributed by atoms with E-state index in [0.717, 1.165) is 0 Å². The first-order valence-corrected chi connectivity index (χ1v) is 8.90. The number of hydrogen-bond acceptors (Lipinski definition) is 4. The molecule has 29 heavy (non-hydrogen) atoms. The number of para-hydroxylation sites is 1. The number of hydrogen-bond donors (Lipinski definition) is 1. The zero-order valence-electron chi connectivity index (χ0n) is 23.8. The summed E-state index contributed by atoms with van der Waals surface area (Å²) in [5, 5.41) is 0.568. The van der Waals surface area contributed by atoms with Gasteiger partial charge in [-0.2, -0.15) is 0 Å². The molecule has 0 spiro atoms. The molecule has 2 amide bonds. The smallest absolute Gasteiger partial charge is 0.245 e. The van der Waals surface area contributed by atoms with Gasteiger partial charge in [-0.25, -0.2) is 0 Å². The molecule has 0 unspecified atom stereocenters. The quantitative estimate of drug-likeness (QED) is 0.682. The van der Waals surface area contributed by atoms with Gasteiger partial charge in [0, 0.05) is 34.1 Å². The summed E-state index contributed by atoms with van der Waals surface area (Å²) in [5.41, 5.74) is 0.362. The number of ether oxygens (including phenoxy) is 2. The van der Waals surface area contributed by atoms with E-state index in [2.05, 4.69) is 4.98 Å². The Morgan fingerprint density at radius 2 is 2.14 bits per heavy atom. The third kappa shape index (κ3) is 2.24. The molecule has 3 aliphatic heterocycles. The topological polar surface area (TPSA) is 74.9 Å². The Kier molecular flexibility index (Phi) is 1.95. The predicted octanol–water partition coefficient (Wildman–Crippen LogP) is 2.21. The number of H-pyrrole nitrogens is 1. The Balaban J connectivity index is 1.72. The van der Waals surface area contributed by atoms with Gasteiger partial charge in [-0.05, 0) is 29.3 Å². The summed E-state index contributed by atoms with van der Waals surface area (Å²) in [5.74, 6) is -3.15. The Hall–Kier alpha value is -3.48. The summed E-state index contributed by atoms with van der Waals surface area (Å²) in [6.45, 7) is -7.01. The SMILES string of the molecule is [2H]c1c([2H])c([C@]2([2H])c3[nH]c4ccccc4c3C[C@@H]3C(=O)N(C([2H])([2H])[2H])C([2H])([2H])C(=O)N32)c([2H])c2c1OCO2. The summed E-state index contributed by atoms with van der Waals surface area (Å²) in [6, 6.07) is 0.845. The number of aromatic amines is 1. The number of fused-ring (bicyclic) bond motifs is 5. The fourth-order valence-electron chi connectivity index (χ4n) is 4.06. The fourth-order valence-corrected chi connectivity index (χ4v) is 4.06. The predicted molar refractivity (Wildman–Crippen MR) is 105 cm³/mol. The molecular formula is C22H19N3O4. The molecule has 4 heterocycles. The van der Waals surface area contributed by atoms with Crippen LogP contribution in [0.5, 0.6) is 11.5 Å². The van der Waals surface area contributed by atoms with Crippen molar-refractivity contribution in [2.75, 3.05) is 20.3 Å². The van der Waals surface area contributed by atoms with Crippen LogP contribution in [0.4, 0.5) is 0 Å². The van der Waals surface area contributed by atoms with Gasteiger partial charge >= 0.3 is 0 Å². The zero-order valence-corrected chi connectivity index (χ0v) is 14.8. The lowest BCUT2D eigenvalue weighted by Crippen LogP contribution is -2.62. The molecule has 1 aromatic heterocycles. The van der Waals surface area contributed by atoms with Gasteiger partial charge in [0.1, 0.15) is 6.04 Å². The van der Waals surface area contributed by atoms with Gasteiger partial charge in [0.15, 0.2) is 11.5 Å². The van der Waals surface area contributed by atoms with Crippen LogP contribution >= 0.6 is 0 Å². The molecule has 2 aromatic carbocycles. The molecule has 1 saturated heterocycles. The first kappa shape index (κ1) is 9.82. The van der Waals surface area contributed by atoms with E-state index in [1.165, 1.54) is 0 Å². The minimum Gasteiger partial charge on any atom is -0.454 e. The molecule has 2 atom stereocenters. The molecule has 0 radical (unpaired) electrons. The number of carbonyl (C=O) groups is 2. The Labute approximate surface area is 179 Å². The maximum atomic E-state index is 13.8. The zero-order chi connectivity index (χ0) is 27.5. The average Bonchev–Trinajstić information content (AvgIpc) is 3.46. The largest absolute Gasteiger partial charge is 0.454 e. The van der Waals surface area contributed by atoms with Crippen molar-refractivity contribution in [3.8, 4) is 11.5 Å². The van der Waals surface area contributed by atoms with Crippen LogP contribution in [0.3, 0.4) is 0 Å². The molecule has 7 nitrogen and oxygen atoms in total. The first-order valence-electron chi connectivity index (χ1n) is 13.4. The number of rotatable bonds is 1. The van der Waals surface area contributed by atoms with Crippen molar-refractivity contribution in [2.24, 2.45) is 0 Å². The maximum absolute atomic E-state index is 13.8. The Morgan fingerprint density at radius 3 is 3.03 bits per heavy atom. The van der Waals surface area contributed by atoms with Crippen LogP contribution in [0.25, 0.3) is 10.9 Å². The summed E-state index contributed by atoms with van der Waals surface area (Å²) in [6.07, 6.45) is -0.244. The van der Waals surface area contributed by atoms with Crippen LogP contribution in [0.1, 0.15) is 35.2 Å². The van der Waals surface area contributed by atoms with E-state index in [4.69, 9.17) is 20.4 Å². The van der Waals surface area contributed by atoms with Crippen molar-refractivity contribution in [3.63, 3.8) is 0 Å². The lowest BCUT2D eigenvalue weighted by molar-refractivity contribution is -0.157. The minimum absolute atomic E-state index is 0.00509. The maximum Gasteiger partial charge on any atom is 0.245 e. The molecule has 146 valence electrons. The molecule has 0 bridgehead atoms. The van der Waals surface area contributed by atoms with Crippen molar-refractivity contribution < 1.29 is 31.4 Å². The van der Waals surface area contributed by atoms with Crippen LogP contribution < -0.4 is 9.47 Å². The highest BCUT2D eigenvalue weighted by Crippen LogP contribution is 2.44. The van der Waals surface area contributed by atoms with Gasteiger partial charge in [-0.3, -0.25) is 9.59 Å². The Bertz CT molecular complexity index is 1570. The lowest BCUT2D eigenvalue weighted by Gasteiger charge is -2.46. The van der Waals surface area contributed by atoms with Crippen LogP contribution in [0.15, 0.2) is 42.4 Å². The van der Waals surface area contributed by atoms with Gasteiger partial charge in [-0.15, -0.1) is 0 Å². The molecule has 1 fully saturated rings. The van der Waals surface area contributed by atoms with Crippen LogP contribution in [0, 0.1) is 0 Å². The standard InChI is InChI=1S/C22H19N3O4/c1-24-10-19(26)25-16(22(24)27)9-14-13-4-2-3-5-15(13)23-20(14)21(25)12-6-7-17-18(8-12)29-11-28-17/h2-8,16,21,23H,9-11H2,1H3/t16-,21-/m1/s1/i1D3,6D,7D,8D,10D2,21D. The van der Waals surface area contributed by atoms with Crippen LogP contribution in [-0.4, -0.2) is 52.9 Å². The third-order valence-corrected chi connectivity index (χ3v) is 5.32. The lowest BCUT2D eigenvalue weighted by atomic mass is 9.86. The highest BCUT2D eigenvalue weighted by atomic mass is 16.7. The highest BCUT2D eigenvalue weighted by Gasteiger charge is 2.47. The number of piperazine rings is 1. The molecular weight excluding hydrogens is 370 g/mol. The van der Waals surface area contributed by atoms with E-state index in [1.54, 1.807) is 24.3 Å². The number of aromatic nitrogens is 1. The van der Waals surface area contributed by atoms with E-state index in [9.17, 15) is 11.0 Å². The molecule has 1 N–H and O–H groups in total. The minimum atomic E-state index is -3.38. The van der Waals surface area contributed by atoms with Gasteiger partial charge in [0.05, 0.1) is 20.7 Å². The molecule has 3 aliphatic rings. The second-order valence-corrected chi connectivity index (χ2v) is 6.87. The number of benzene rings is 2. The molecule has 0 aliphatic carbocycles. The number of carbonyl (C=O) groups excluding carboxylic acids is 2. The molecule has 6 rings (SSSR count). The number of amides is 2. The second-order valence-electron chi connectivity index (χ2n) is 6.87. The second kappa shape index (κ2) is 5.76. The van der Waals surface area contributed by atoms with Crippen molar-refractivity contribution >= 4 is 22.7 Å². The van der Waals surface area contributed by atoms with E-state index in [0.29, 0.717) is 21.4 Å². The van der Waals surface area contributed by atoms with Gasteiger partial charge in [-0.1, -0.05) is 24.2 Å². The van der Waals surface area contributed by atoms with Gasteiger partial charge in [0.25, 0.3) is 0 Å². The van der Waals surface area contributed by atoms with E-state index in [-0.39, 0.29) is 35.3 Å². The highest BCUT2D eigenvalue weighted by molar-refractivity contribution is 5.97. The third-order valence-electron chi connectivity index (χ3n) is 5.32.